The minimum absolute atomic E-state index is 0.0693. The van der Waals surface area contributed by atoms with E-state index in [1.54, 1.807) is 45.7 Å². The summed E-state index contributed by atoms with van der Waals surface area (Å²) < 4.78 is 48.2. The molecule has 1 N–H and O–H groups in total. The zero-order valence-corrected chi connectivity index (χ0v) is 22.1. The van der Waals surface area contributed by atoms with Crippen LogP contribution in [0.15, 0.2) is 35.4 Å². The number of halogens is 3. The van der Waals surface area contributed by atoms with Crippen molar-refractivity contribution in [1.29, 1.82) is 0 Å². The molecule has 3 aromatic rings. The van der Waals surface area contributed by atoms with Crippen LogP contribution in [-0.4, -0.2) is 44.2 Å². The number of nitrogens with zero attached hydrogens (tertiary/aromatic N) is 4. The van der Waals surface area contributed by atoms with Gasteiger partial charge in [-0.25, -0.2) is 27.9 Å². The molecule has 3 heterocycles. The number of ether oxygens (including phenoxy) is 1. The van der Waals surface area contributed by atoms with Gasteiger partial charge in [0.2, 0.25) is 0 Å². The predicted octanol–water partition coefficient (Wildman–Crippen LogP) is 5.69. The Hall–Kier alpha value is -3.63. The minimum atomic E-state index is -2.94. The Morgan fingerprint density at radius 3 is 2.61 bits per heavy atom. The molecule has 0 spiro atoms. The summed E-state index contributed by atoms with van der Waals surface area (Å²) in [4.78, 5) is 36.2. The summed E-state index contributed by atoms with van der Waals surface area (Å²) in [5.74, 6) is -0.871. The summed E-state index contributed by atoms with van der Waals surface area (Å²) >= 11 is 0. The SMILES string of the molecule is C[C@@H](Nc1ncnc2c1cc([C@H]1CCCN(C(=O)OC(C)(C)C)C1)c(=O)n2C)c1cccc(C(F)F)c1F. The number of amides is 1. The van der Waals surface area contributed by atoms with Crippen molar-refractivity contribution in [2.24, 2.45) is 7.05 Å². The van der Waals surface area contributed by atoms with Crippen LogP contribution in [-0.2, 0) is 11.8 Å². The quantitative estimate of drug-likeness (QED) is 0.455. The summed E-state index contributed by atoms with van der Waals surface area (Å²) in [5.41, 5.74) is -0.594. The average molecular weight is 532 g/mol. The molecule has 1 fully saturated rings. The minimum Gasteiger partial charge on any atom is -0.444 e. The summed E-state index contributed by atoms with van der Waals surface area (Å²) in [5, 5.41) is 3.63. The number of alkyl halides is 2. The Kier molecular flexibility index (Phi) is 7.66. The fraction of sp³-hybridized carbons (Fsp3) is 0.481. The zero-order valence-electron chi connectivity index (χ0n) is 22.1. The van der Waals surface area contributed by atoms with Crippen molar-refractivity contribution < 1.29 is 22.7 Å². The van der Waals surface area contributed by atoms with Crippen molar-refractivity contribution in [1.82, 2.24) is 19.4 Å². The van der Waals surface area contributed by atoms with E-state index in [2.05, 4.69) is 15.3 Å². The van der Waals surface area contributed by atoms with Crippen molar-refractivity contribution in [3.05, 3.63) is 63.5 Å². The number of rotatable bonds is 5. The third-order valence-corrected chi connectivity index (χ3v) is 6.66. The highest BCUT2D eigenvalue weighted by molar-refractivity contribution is 5.87. The van der Waals surface area contributed by atoms with Crippen LogP contribution in [0.25, 0.3) is 11.0 Å². The van der Waals surface area contributed by atoms with E-state index in [0.717, 1.165) is 6.07 Å². The first-order valence-corrected chi connectivity index (χ1v) is 12.5. The van der Waals surface area contributed by atoms with Crippen LogP contribution in [0.5, 0.6) is 0 Å². The van der Waals surface area contributed by atoms with Crippen LogP contribution in [0, 0.1) is 5.82 Å². The van der Waals surface area contributed by atoms with Gasteiger partial charge in [0.05, 0.1) is 17.0 Å². The molecular weight excluding hydrogens is 499 g/mol. The number of hydrogen-bond donors (Lipinski definition) is 1. The number of likely N-dealkylation sites (tertiary alicyclic amines) is 1. The molecule has 0 radical (unpaired) electrons. The second-order valence-corrected chi connectivity index (χ2v) is 10.6. The maximum absolute atomic E-state index is 14.8. The molecule has 204 valence electrons. The highest BCUT2D eigenvalue weighted by atomic mass is 19.3. The first kappa shape index (κ1) is 27.4. The lowest BCUT2D eigenvalue weighted by molar-refractivity contribution is 0.0198. The normalized spacial score (nSPS) is 17.1. The number of pyridine rings is 1. The van der Waals surface area contributed by atoms with Gasteiger partial charge >= 0.3 is 6.09 Å². The van der Waals surface area contributed by atoms with Gasteiger partial charge in [0.15, 0.2) is 0 Å². The molecule has 2 atom stereocenters. The molecule has 2 aromatic heterocycles. The van der Waals surface area contributed by atoms with Crippen molar-refractivity contribution >= 4 is 22.9 Å². The maximum atomic E-state index is 14.8. The zero-order chi connectivity index (χ0) is 27.8. The molecule has 1 amide bonds. The van der Waals surface area contributed by atoms with Crippen molar-refractivity contribution in [3.8, 4) is 0 Å². The molecule has 0 aliphatic carbocycles. The first-order valence-electron chi connectivity index (χ1n) is 12.5. The second kappa shape index (κ2) is 10.6. The van der Waals surface area contributed by atoms with Crippen molar-refractivity contribution in [2.45, 2.75) is 64.5 Å². The van der Waals surface area contributed by atoms with Gasteiger partial charge in [-0.2, -0.15) is 0 Å². The Morgan fingerprint density at radius 2 is 1.92 bits per heavy atom. The summed E-state index contributed by atoms with van der Waals surface area (Å²) in [7, 11) is 1.61. The largest absolute Gasteiger partial charge is 0.444 e. The topological polar surface area (TPSA) is 89.4 Å². The van der Waals surface area contributed by atoms with E-state index in [0.29, 0.717) is 48.3 Å². The average Bonchev–Trinajstić information content (AvgIpc) is 2.85. The Balaban J connectivity index is 1.68. The summed E-state index contributed by atoms with van der Waals surface area (Å²) in [6, 6.07) is 4.89. The van der Waals surface area contributed by atoms with E-state index in [1.807, 2.05) is 0 Å². The second-order valence-electron chi connectivity index (χ2n) is 10.6. The third kappa shape index (κ3) is 5.61. The van der Waals surface area contributed by atoms with E-state index >= 15 is 0 Å². The molecule has 1 saturated heterocycles. The molecule has 8 nitrogen and oxygen atoms in total. The molecule has 4 rings (SSSR count). The number of aromatic nitrogens is 3. The number of piperidine rings is 1. The molecule has 0 saturated carbocycles. The van der Waals surface area contributed by atoms with E-state index in [4.69, 9.17) is 4.74 Å². The number of carbonyl (C=O) groups is 1. The lowest BCUT2D eigenvalue weighted by atomic mass is 9.91. The fourth-order valence-electron chi connectivity index (χ4n) is 4.78. The van der Waals surface area contributed by atoms with E-state index in [9.17, 15) is 22.8 Å². The van der Waals surface area contributed by atoms with Gasteiger partial charge in [0, 0.05) is 37.2 Å². The molecule has 38 heavy (non-hydrogen) atoms. The van der Waals surface area contributed by atoms with Crippen molar-refractivity contribution in [3.63, 3.8) is 0 Å². The molecule has 1 aliphatic heterocycles. The smallest absolute Gasteiger partial charge is 0.410 e. The van der Waals surface area contributed by atoms with Crippen LogP contribution in [0.2, 0.25) is 0 Å². The number of carbonyl (C=O) groups excluding carboxylic acids is 1. The van der Waals surface area contributed by atoms with Crippen LogP contribution >= 0.6 is 0 Å². The summed E-state index contributed by atoms with van der Waals surface area (Å²) in [6.07, 6.45) is -0.661. The van der Waals surface area contributed by atoms with Crippen LogP contribution in [0.3, 0.4) is 0 Å². The number of anilines is 1. The Labute approximate surface area is 218 Å². The maximum Gasteiger partial charge on any atom is 0.410 e. The Morgan fingerprint density at radius 1 is 1.21 bits per heavy atom. The number of benzene rings is 1. The molecule has 0 bridgehead atoms. The van der Waals surface area contributed by atoms with Crippen LogP contribution in [0.4, 0.5) is 23.8 Å². The monoisotopic (exact) mass is 531 g/mol. The Bertz CT molecular complexity index is 1400. The van der Waals surface area contributed by atoms with Gasteiger partial charge in [0.1, 0.15) is 29.2 Å². The third-order valence-electron chi connectivity index (χ3n) is 6.66. The molecule has 11 heteroatoms. The standard InChI is InChI=1S/C27H32F3N5O3/c1-15(17-9-6-10-18(21(17)28)22(29)30)33-23-20-12-19(25(36)34(5)24(20)32-14-31-23)16-8-7-11-35(13-16)26(37)38-27(2,3)4/h6,9-10,12,14-16,22H,7-8,11,13H2,1-5H3,(H,31,32,33)/t15-,16+/m1/s1. The van der Waals surface area contributed by atoms with Crippen LogP contribution < -0.4 is 10.9 Å². The lowest BCUT2D eigenvalue weighted by Gasteiger charge is -2.34. The van der Waals surface area contributed by atoms with E-state index in [1.165, 1.54) is 23.0 Å². The molecule has 1 aromatic carbocycles. The van der Waals surface area contributed by atoms with Gasteiger partial charge in [0.25, 0.3) is 12.0 Å². The predicted molar refractivity (Wildman–Crippen MR) is 138 cm³/mol. The lowest BCUT2D eigenvalue weighted by Crippen LogP contribution is -2.43. The van der Waals surface area contributed by atoms with Gasteiger partial charge < -0.3 is 15.0 Å². The highest BCUT2D eigenvalue weighted by Crippen LogP contribution is 2.32. The van der Waals surface area contributed by atoms with Crippen LogP contribution in [0.1, 0.15) is 75.6 Å². The van der Waals surface area contributed by atoms with Gasteiger partial charge in [-0.1, -0.05) is 18.2 Å². The molecule has 0 unspecified atom stereocenters. The van der Waals surface area contributed by atoms with Gasteiger partial charge in [-0.3, -0.25) is 9.36 Å². The fourth-order valence-corrected chi connectivity index (χ4v) is 4.78. The molecule has 1 aliphatic rings. The number of fused-ring (bicyclic) bond motifs is 1. The summed E-state index contributed by atoms with van der Waals surface area (Å²) in [6.45, 7) is 7.91. The van der Waals surface area contributed by atoms with E-state index in [-0.39, 0.29) is 17.0 Å². The molecular formula is C27H32F3N5O3. The first-order chi connectivity index (χ1) is 17.9. The number of aryl methyl sites for hydroxylation is 1. The number of hydrogen-bond acceptors (Lipinski definition) is 6. The van der Waals surface area contributed by atoms with E-state index < -0.39 is 35.5 Å². The van der Waals surface area contributed by atoms with Gasteiger partial charge in [-0.05, 0) is 46.6 Å². The highest BCUT2D eigenvalue weighted by Gasteiger charge is 2.30. The number of nitrogens with one attached hydrogen (secondary N) is 1. The van der Waals surface area contributed by atoms with Gasteiger partial charge in [-0.15, -0.1) is 0 Å². The van der Waals surface area contributed by atoms with Crippen molar-refractivity contribution in [2.75, 3.05) is 18.4 Å².